The Bertz CT molecular complexity index is 356. The average Bonchev–Trinajstić information content (AvgIpc) is 2.72. The minimum Gasteiger partial charge on any atom is -0.481 e. The standard InChI is InChI=1S/C10H17N3O3S/c1-3-4-8-12-10(17-13-8)11-6-7(16-2)5-9(14)15/h7H,3-6H2,1-2H3,(H,14,15)(H,11,12,13). The van der Waals surface area contributed by atoms with Gasteiger partial charge in [-0.25, -0.2) is 4.98 Å². The maximum absolute atomic E-state index is 10.5. The topological polar surface area (TPSA) is 84.3 Å². The van der Waals surface area contributed by atoms with Gasteiger partial charge in [-0.3, -0.25) is 4.79 Å². The van der Waals surface area contributed by atoms with Crippen molar-refractivity contribution in [3.8, 4) is 0 Å². The van der Waals surface area contributed by atoms with Crippen molar-refractivity contribution < 1.29 is 14.6 Å². The molecule has 0 aromatic carbocycles. The molecule has 1 heterocycles. The Morgan fingerprint density at radius 2 is 2.41 bits per heavy atom. The highest BCUT2D eigenvalue weighted by molar-refractivity contribution is 7.09. The zero-order valence-corrected chi connectivity index (χ0v) is 10.8. The highest BCUT2D eigenvalue weighted by Gasteiger charge is 2.13. The molecule has 1 rings (SSSR count). The molecule has 0 saturated carbocycles. The summed E-state index contributed by atoms with van der Waals surface area (Å²) in [5.74, 6) is -0.0465. The largest absolute Gasteiger partial charge is 0.481 e. The SMILES string of the molecule is CCCc1nsc(NCC(CC(=O)O)OC)n1. The monoisotopic (exact) mass is 259 g/mol. The fraction of sp³-hybridized carbons (Fsp3) is 0.700. The van der Waals surface area contributed by atoms with Crippen molar-refractivity contribution in [3.05, 3.63) is 5.82 Å². The molecule has 1 unspecified atom stereocenters. The van der Waals surface area contributed by atoms with Gasteiger partial charge in [-0.2, -0.15) is 4.37 Å². The molecular formula is C10H17N3O3S. The molecule has 17 heavy (non-hydrogen) atoms. The van der Waals surface area contributed by atoms with Crippen LogP contribution in [0.1, 0.15) is 25.6 Å². The third-order valence-corrected chi connectivity index (χ3v) is 2.87. The molecule has 0 aliphatic rings. The molecular weight excluding hydrogens is 242 g/mol. The predicted octanol–water partition coefficient (Wildman–Crippen LogP) is 1.39. The first-order valence-corrected chi connectivity index (χ1v) is 6.24. The number of carboxylic acid groups (broad SMARTS) is 1. The van der Waals surface area contributed by atoms with Crippen LogP contribution >= 0.6 is 11.5 Å². The number of aromatic nitrogens is 2. The van der Waals surface area contributed by atoms with Crippen molar-refractivity contribution in [2.24, 2.45) is 0 Å². The number of ether oxygens (including phenoxy) is 1. The van der Waals surface area contributed by atoms with Crippen molar-refractivity contribution in [1.29, 1.82) is 0 Å². The van der Waals surface area contributed by atoms with Crippen LogP contribution in [0.5, 0.6) is 0 Å². The summed E-state index contributed by atoms with van der Waals surface area (Å²) >= 11 is 1.29. The average molecular weight is 259 g/mol. The Morgan fingerprint density at radius 3 is 3.00 bits per heavy atom. The van der Waals surface area contributed by atoms with Crippen LogP contribution in [0.4, 0.5) is 5.13 Å². The van der Waals surface area contributed by atoms with Gasteiger partial charge in [0, 0.05) is 31.6 Å². The van der Waals surface area contributed by atoms with Crippen molar-refractivity contribution in [3.63, 3.8) is 0 Å². The van der Waals surface area contributed by atoms with Gasteiger partial charge in [-0.1, -0.05) is 6.92 Å². The zero-order valence-electron chi connectivity index (χ0n) is 9.97. The van der Waals surface area contributed by atoms with Crippen molar-refractivity contribution in [1.82, 2.24) is 9.36 Å². The quantitative estimate of drug-likeness (QED) is 0.734. The van der Waals surface area contributed by atoms with Gasteiger partial charge < -0.3 is 15.2 Å². The second kappa shape index (κ2) is 7.18. The van der Waals surface area contributed by atoms with E-state index < -0.39 is 5.97 Å². The van der Waals surface area contributed by atoms with Crippen molar-refractivity contribution >= 4 is 22.6 Å². The Hall–Kier alpha value is -1.21. The van der Waals surface area contributed by atoms with Crippen LogP contribution in [0.15, 0.2) is 0 Å². The number of nitrogens with zero attached hydrogens (tertiary/aromatic N) is 2. The van der Waals surface area contributed by atoms with E-state index >= 15 is 0 Å². The highest BCUT2D eigenvalue weighted by Crippen LogP contribution is 2.12. The van der Waals surface area contributed by atoms with Gasteiger partial charge in [0.2, 0.25) is 5.13 Å². The summed E-state index contributed by atoms with van der Waals surface area (Å²) in [4.78, 5) is 14.8. The van der Waals surface area contributed by atoms with E-state index in [1.54, 1.807) is 0 Å². The van der Waals surface area contributed by atoms with Crippen LogP contribution in [0.3, 0.4) is 0 Å². The number of carboxylic acids is 1. The number of rotatable bonds is 8. The number of anilines is 1. The van der Waals surface area contributed by atoms with Gasteiger partial charge in [-0.05, 0) is 6.42 Å². The molecule has 1 aromatic rings. The maximum Gasteiger partial charge on any atom is 0.306 e. The third kappa shape index (κ3) is 5.10. The molecule has 0 aliphatic heterocycles. The van der Waals surface area contributed by atoms with Gasteiger partial charge in [0.05, 0.1) is 12.5 Å². The lowest BCUT2D eigenvalue weighted by molar-refractivity contribution is -0.139. The van der Waals surface area contributed by atoms with E-state index in [2.05, 4.69) is 21.6 Å². The number of methoxy groups -OCH3 is 1. The van der Waals surface area contributed by atoms with Gasteiger partial charge in [0.15, 0.2) is 0 Å². The molecule has 0 fully saturated rings. The zero-order chi connectivity index (χ0) is 12.7. The normalized spacial score (nSPS) is 12.4. The van der Waals surface area contributed by atoms with Crippen LogP contribution < -0.4 is 5.32 Å². The van der Waals surface area contributed by atoms with Crippen molar-refractivity contribution in [2.45, 2.75) is 32.3 Å². The lowest BCUT2D eigenvalue weighted by atomic mass is 10.2. The molecule has 0 saturated heterocycles. The lowest BCUT2D eigenvalue weighted by Gasteiger charge is -2.12. The number of nitrogens with one attached hydrogen (secondary N) is 1. The molecule has 1 atom stereocenters. The summed E-state index contributed by atoms with van der Waals surface area (Å²) in [6.07, 6.45) is 1.49. The van der Waals surface area contributed by atoms with Gasteiger partial charge in [0.25, 0.3) is 0 Å². The fourth-order valence-corrected chi connectivity index (χ4v) is 1.90. The highest BCUT2D eigenvalue weighted by atomic mass is 32.1. The minimum absolute atomic E-state index is 0.0237. The number of aliphatic carboxylic acids is 1. The predicted molar refractivity (Wildman–Crippen MR) is 65.4 cm³/mol. The Balaban J connectivity index is 2.39. The van der Waals surface area contributed by atoms with E-state index in [-0.39, 0.29) is 12.5 Å². The fourth-order valence-electron chi connectivity index (χ4n) is 1.29. The van der Waals surface area contributed by atoms with E-state index in [1.165, 1.54) is 18.6 Å². The van der Waals surface area contributed by atoms with Crippen LogP contribution in [0, 0.1) is 0 Å². The molecule has 0 amide bonds. The second-order valence-corrected chi connectivity index (χ2v) is 4.35. The molecule has 0 radical (unpaired) electrons. The Morgan fingerprint density at radius 1 is 1.65 bits per heavy atom. The molecule has 96 valence electrons. The molecule has 2 N–H and O–H groups in total. The van der Waals surface area contributed by atoms with E-state index in [1.807, 2.05) is 0 Å². The first-order chi connectivity index (χ1) is 8.15. The van der Waals surface area contributed by atoms with E-state index in [4.69, 9.17) is 9.84 Å². The third-order valence-electron chi connectivity index (χ3n) is 2.16. The summed E-state index contributed by atoms with van der Waals surface area (Å²) in [7, 11) is 1.50. The van der Waals surface area contributed by atoms with Gasteiger partial charge in [-0.15, -0.1) is 0 Å². The van der Waals surface area contributed by atoms with E-state index in [9.17, 15) is 4.79 Å². The van der Waals surface area contributed by atoms with Crippen LogP contribution in [-0.2, 0) is 16.0 Å². The van der Waals surface area contributed by atoms with Crippen molar-refractivity contribution in [2.75, 3.05) is 19.0 Å². The Kier molecular flexibility index (Phi) is 5.85. The summed E-state index contributed by atoms with van der Waals surface area (Å²) in [5.41, 5.74) is 0. The lowest BCUT2D eigenvalue weighted by Crippen LogP contribution is -2.24. The number of hydrogen-bond donors (Lipinski definition) is 2. The van der Waals surface area contributed by atoms with Crippen LogP contribution in [0.2, 0.25) is 0 Å². The maximum atomic E-state index is 10.5. The first-order valence-electron chi connectivity index (χ1n) is 5.46. The summed E-state index contributed by atoms with van der Waals surface area (Å²) in [5, 5.41) is 12.4. The smallest absolute Gasteiger partial charge is 0.306 e. The number of aryl methyl sites for hydroxylation is 1. The van der Waals surface area contributed by atoms with Crippen LogP contribution in [0.25, 0.3) is 0 Å². The Labute approximate surface area is 104 Å². The summed E-state index contributed by atoms with van der Waals surface area (Å²) in [6, 6.07) is 0. The van der Waals surface area contributed by atoms with E-state index in [0.29, 0.717) is 11.7 Å². The minimum atomic E-state index is -0.873. The number of carbonyl (C=O) groups is 1. The molecule has 0 bridgehead atoms. The van der Waals surface area contributed by atoms with E-state index in [0.717, 1.165) is 18.7 Å². The first kappa shape index (κ1) is 13.9. The second-order valence-electron chi connectivity index (χ2n) is 3.60. The number of hydrogen-bond acceptors (Lipinski definition) is 6. The summed E-state index contributed by atoms with van der Waals surface area (Å²) < 4.78 is 9.23. The van der Waals surface area contributed by atoms with Gasteiger partial charge in [0.1, 0.15) is 5.82 Å². The molecule has 0 spiro atoms. The molecule has 6 nitrogen and oxygen atoms in total. The molecule has 1 aromatic heterocycles. The van der Waals surface area contributed by atoms with Crippen LogP contribution in [-0.4, -0.2) is 40.2 Å². The molecule has 7 heteroatoms. The molecule has 0 aliphatic carbocycles. The van der Waals surface area contributed by atoms with Gasteiger partial charge >= 0.3 is 5.97 Å². The summed E-state index contributed by atoms with van der Waals surface area (Å²) in [6.45, 7) is 2.49.